The van der Waals surface area contributed by atoms with Gasteiger partial charge in [0.25, 0.3) is 0 Å². The van der Waals surface area contributed by atoms with E-state index in [1.807, 2.05) is 0 Å². The summed E-state index contributed by atoms with van der Waals surface area (Å²) in [6.07, 6.45) is 1.66. The molecular formula is C12H20N4O2S2. The summed E-state index contributed by atoms with van der Waals surface area (Å²) in [6.45, 7) is 6.69. The first kappa shape index (κ1) is 14.2. The van der Waals surface area contributed by atoms with Gasteiger partial charge >= 0.3 is 0 Å². The molecule has 0 atom stereocenters. The third kappa shape index (κ3) is 2.68. The molecule has 0 spiro atoms. The summed E-state index contributed by atoms with van der Waals surface area (Å²) in [4.78, 5) is 6.67. The molecule has 1 aliphatic heterocycles. The lowest BCUT2D eigenvalue weighted by Gasteiger charge is -2.33. The van der Waals surface area contributed by atoms with Gasteiger partial charge in [0, 0.05) is 43.6 Å². The largest absolute Gasteiger partial charge is 0.344 e. The number of aromatic nitrogens is 2. The molecule has 2 fully saturated rings. The van der Waals surface area contributed by atoms with E-state index < -0.39 is 10.0 Å². The zero-order valence-corrected chi connectivity index (χ0v) is 13.5. The van der Waals surface area contributed by atoms with E-state index in [0.717, 1.165) is 23.8 Å². The molecule has 0 radical (unpaired) electrons. The van der Waals surface area contributed by atoms with Gasteiger partial charge in [-0.1, -0.05) is 13.8 Å². The monoisotopic (exact) mass is 316 g/mol. The minimum atomic E-state index is -3.03. The van der Waals surface area contributed by atoms with Crippen LogP contribution in [0.15, 0.2) is 0 Å². The fourth-order valence-electron chi connectivity index (χ4n) is 2.30. The Balaban J connectivity index is 1.63. The number of hydrogen-bond acceptors (Lipinski definition) is 6. The minimum absolute atomic E-state index is 0.108. The van der Waals surface area contributed by atoms with E-state index in [-0.39, 0.29) is 5.25 Å². The predicted octanol–water partition coefficient (Wildman–Crippen LogP) is 1.28. The van der Waals surface area contributed by atoms with Crippen molar-refractivity contribution < 1.29 is 8.42 Å². The van der Waals surface area contributed by atoms with Crippen LogP contribution in [-0.4, -0.2) is 53.5 Å². The van der Waals surface area contributed by atoms with Gasteiger partial charge in [0.2, 0.25) is 15.2 Å². The Morgan fingerprint density at radius 1 is 1.20 bits per heavy atom. The minimum Gasteiger partial charge on any atom is -0.344 e. The molecule has 0 amide bonds. The summed E-state index contributed by atoms with van der Waals surface area (Å²) in [6, 6.07) is 0. The Hall–Kier alpha value is -0.730. The van der Waals surface area contributed by atoms with Crippen molar-refractivity contribution in [3.05, 3.63) is 5.82 Å². The number of sulfonamides is 1. The van der Waals surface area contributed by atoms with Crippen LogP contribution in [0.3, 0.4) is 0 Å². The molecule has 0 N–H and O–H groups in total. The van der Waals surface area contributed by atoms with Crippen LogP contribution in [0, 0.1) is 0 Å². The van der Waals surface area contributed by atoms with Crippen LogP contribution in [0.2, 0.25) is 0 Å². The Kier molecular flexibility index (Phi) is 3.72. The second kappa shape index (κ2) is 5.23. The number of piperazine rings is 1. The lowest BCUT2D eigenvalue weighted by atomic mass is 10.2. The van der Waals surface area contributed by atoms with Gasteiger partial charge in [-0.25, -0.2) is 13.4 Å². The van der Waals surface area contributed by atoms with Gasteiger partial charge in [-0.3, -0.25) is 0 Å². The molecule has 112 valence electrons. The molecule has 0 unspecified atom stereocenters. The second-order valence-electron chi connectivity index (χ2n) is 5.72. The highest BCUT2D eigenvalue weighted by Gasteiger charge is 2.41. The van der Waals surface area contributed by atoms with Gasteiger partial charge in [0.05, 0.1) is 5.25 Å². The summed E-state index contributed by atoms with van der Waals surface area (Å²) in [5.41, 5.74) is 0. The molecule has 20 heavy (non-hydrogen) atoms. The highest BCUT2D eigenvalue weighted by atomic mass is 32.2. The maximum Gasteiger partial charge on any atom is 0.217 e. The van der Waals surface area contributed by atoms with Crippen molar-refractivity contribution in [2.24, 2.45) is 0 Å². The van der Waals surface area contributed by atoms with E-state index in [4.69, 9.17) is 0 Å². The lowest BCUT2D eigenvalue weighted by molar-refractivity contribution is 0.384. The number of rotatable bonds is 4. The van der Waals surface area contributed by atoms with E-state index >= 15 is 0 Å². The highest BCUT2D eigenvalue weighted by molar-refractivity contribution is 7.90. The summed E-state index contributed by atoms with van der Waals surface area (Å²) >= 11 is 1.41. The second-order valence-corrected chi connectivity index (χ2v) is 8.66. The smallest absolute Gasteiger partial charge is 0.217 e. The van der Waals surface area contributed by atoms with Crippen molar-refractivity contribution in [3.8, 4) is 0 Å². The van der Waals surface area contributed by atoms with Crippen LogP contribution in [0.1, 0.15) is 38.4 Å². The molecular weight excluding hydrogens is 296 g/mol. The average Bonchev–Trinajstić information content (AvgIpc) is 3.17. The number of hydrogen-bond donors (Lipinski definition) is 0. The molecule has 8 heteroatoms. The predicted molar refractivity (Wildman–Crippen MR) is 79.7 cm³/mol. The molecule has 1 aromatic rings. The SMILES string of the molecule is CC(C)c1nsc(N2CCN(S(=O)(=O)C3CC3)CC2)n1. The van der Waals surface area contributed by atoms with E-state index in [9.17, 15) is 8.42 Å². The van der Waals surface area contributed by atoms with Gasteiger partial charge in [0.1, 0.15) is 5.82 Å². The van der Waals surface area contributed by atoms with Crippen LogP contribution < -0.4 is 4.90 Å². The zero-order chi connectivity index (χ0) is 14.3. The molecule has 1 saturated carbocycles. The van der Waals surface area contributed by atoms with Crippen molar-refractivity contribution in [1.29, 1.82) is 0 Å². The molecule has 0 aromatic carbocycles. The molecule has 3 rings (SSSR count). The number of anilines is 1. The average molecular weight is 316 g/mol. The summed E-state index contributed by atoms with van der Waals surface area (Å²) in [5, 5.41) is 0.806. The molecule has 6 nitrogen and oxygen atoms in total. The van der Waals surface area contributed by atoms with Gasteiger partial charge in [-0.2, -0.15) is 8.68 Å². The molecule has 0 bridgehead atoms. The molecule has 2 aliphatic rings. The van der Waals surface area contributed by atoms with Crippen LogP contribution in [0.25, 0.3) is 0 Å². The van der Waals surface area contributed by atoms with E-state index in [1.165, 1.54) is 11.5 Å². The highest BCUT2D eigenvalue weighted by Crippen LogP contribution is 2.32. The Labute approximate surface area is 124 Å². The zero-order valence-electron chi connectivity index (χ0n) is 11.8. The standard InChI is InChI=1S/C12H20N4O2S2/c1-9(2)11-13-12(19-14-11)15-5-7-16(8-6-15)20(17,18)10-3-4-10/h9-10H,3-8H2,1-2H3. The van der Waals surface area contributed by atoms with Crippen LogP contribution in [0.5, 0.6) is 0 Å². The molecule has 1 saturated heterocycles. The van der Waals surface area contributed by atoms with Crippen molar-refractivity contribution in [2.45, 2.75) is 37.9 Å². The fraction of sp³-hybridized carbons (Fsp3) is 0.833. The first-order valence-electron chi connectivity index (χ1n) is 7.06. The summed E-state index contributed by atoms with van der Waals surface area (Å²) < 4.78 is 30.3. The quantitative estimate of drug-likeness (QED) is 0.837. The number of nitrogens with zero attached hydrogens (tertiary/aromatic N) is 4. The van der Waals surface area contributed by atoms with E-state index in [2.05, 4.69) is 28.1 Å². The molecule has 1 aromatic heterocycles. The maximum atomic E-state index is 12.2. The van der Waals surface area contributed by atoms with Crippen molar-refractivity contribution >= 4 is 26.7 Å². The van der Waals surface area contributed by atoms with Crippen molar-refractivity contribution in [2.75, 3.05) is 31.1 Å². The molecule has 1 aliphatic carbocycles. The van der Waals surface area contributed by atoms with Gasteiger partial charge in [-0.15, -0.1) is 0 Å². The lowest BCUT2D eigenvalue weighted by Crippen LogP contribution is -2.49. The molecule has 2 heterocycles. The van der Waals surface area contributed by atoms with Crippen molar-refractivity contribution in [3.63, 3.8) is 0 Å². The maximum absolute atomic E-state index is 12.2. The topological polar surface area (TPSA) is 66.4 Å². The first-order valence-corrected chi connectivity index (χ1v) is 9.33. The Bertz CT molecular complexity index is 572. The fourth-order valence-corrected chi connectivity index (χ4v) is 4.98. The third-order valence-corrected chi connectivity index (χ3v) is 6.95. The van der Waals surface area contributed by atoms with Gasteiger partial charge < -0.3 is 4.90 Å². The van der Waals surface area contributed by atoms with Gasteiger partial charge in [0.15, 0.2) is 0 Å². The Morgan fingerprint density at radius 3 is 2.35 bits per heavy atom. The normalized spacial score (nSPS) is 21.6. The summed E-state index contributed by atoms with van der Waals surface area (Å²) in [5.74, 6) is 1.20. The van der Waals surface area contributed by atoms with Crippen molar-refractivity contribution in [1.82, 2.24) is 13.7 Å². The van der Waals surface area contributed by atoms with E-state index in [1.54, 1.807) is 4.31 Å². The van der Waals surface area contributed by atoms with Crippen LogP contribution in [0.4, 0.5) is 5.13 Å². The van der Waals surface area contributed by atoms with E-state index in [0.29, 0.717) is 32.1 Å². The van der Waals surface area contributed by atoms with Crippen LogP contribution >= 0.6 is 11.5 Å². The van der Waals surface area contributed by atoms with Gasteiger partial charge in [-0.05, 0) is 12.8 Å². The first-order chi connectivity index (χ1) is 9.48. The van der Waals surface area contributed by atoms with Crippen LogP contribution in [-0.2, 0) is 10.0 Å². The summed E-state index contributed by atoms with van der Waals surface area (Å²) in [7, 11) is -3.03. The third-order valence-electron chi connectivity index (χ3n) is 3.76. The Morgan fingerprint density at radius 2 is 1.85 bits per heavy atom.